The van der Waals surface area contributed by atoms with Gasteiger partial charge in [-0.1, -0.05) is 6.07 Å². The van der Waals surface area contributed by atoms with Gasteiger partial charge in [-0.05, 0) is 18.1 Å². The van der Waals surface area contributed by atoms with Crippen molar-refractivity contribution in [2.24, 2.45) is 5.73 Å². The second kappa shape index (κ2) is 4.13. The Bertz CT molecular complexity index is 237. The molecule has 0 saturated heterocycles. The third-order valence-electron chi connectivity index (χ3n) is 1.62. The van der Waals surface area contributed by atoms with Crippen LogP contribution in [-0.2, 0) is 0 Å². The number of nitrogens with zero attached hydrogens (tertiary/aromatic N) is 1. The molecule has 4 heteroatoms. The lowest BCUT2D eigenvalue weighted by Gasteiger charge is -2.08. The van der Waals surface area contributed by atoms with E-state index in [-0.39, 0.29) is 12.6 Å². The van der Waals surface area contributed by atoms with E-state index in [9.17, 15) is 4.39 Å². The number of nitrogens with two attached hydrogens (primary N) is 1. The van der Waals surface area contributed by atoms with Gasteiger partial charge in [0.2, 0.25) is 5.95 Å². The molecule has 12 heavy (non-hydrogen) atoms. The van der Waals surface area contributed by atoms with Crippen LogP contribution in [-0.4, -0.2) is 16.7 Å². The highest BCUT2D eigenvalue weighted by atomic mass is 19.1. The van der Waals surface area contributed by atoms with Crippen molar-refractivity contribution in [3.63, 3.8) is 0 Å². The van der Waals surface area contributed by atoms with Gasteiger partial charge in [0, 0.05) is 18.8 Å². The summed E-state index contributed by atoms with van der Waals surface area (Å²) >= 11 is 0. The largest absolute Gasteiger partial charge is 0.396 e. The minimum absolute atomic E-state index is 0.0263. The zero-order chi connectivity index (χ0) is 8.97. The van der Waals surface area contributed by atoms with Gasteiger partial charge < -0.3 is 10.8 Å². The highest BCUT2D eigenvalue weighted by Crippen LogP contribution is 2.11. The van der Waals surface area contributed by atoms with Crippen LogP contribution in [0.5, 0.6) is 0 Å². The monoisotopic (exact) mass is 170 g/mol. The molecule has 0 aliphatic rings. The molecule has 0 aromatic carbocycles. The van der Waals surface area contributed by atoms with Crippen molar-refractivity contribution in [2.45, 2.75) is 12.5 Å². The Morgan fingerprint density at radius 1 is 1.58 bits per heavy atom. The first-order valence-corrected chi connectivity index (χ1v) is 3.72. The zero-order valence-corrected chi connectivity index (χ0v) is 6.57. The number of aliphatic hydroxyl groups is 1. The minimum atomic E-state index is -0.519. The fourth-order valence-corrected chi connectivity index (χ4v) is 0.912. The first-order valence-electron chi connectivity index (χ1n) is 3.72. The topological polar surface area (TPSA) is 59.1 Å². The van der Waals surface area contributed by atoms with Gasteiger partial charge >= 0.3 is 0 Å². The van der Waals surface area contributed by atoms with Gasteiger partial charge in [-0.2, -0.15) is 4.39 Å². The van der Waals surface area contributed by atoms with Crippen molar-refractivity contribution in [3.05, 3.63) is 29.8 Å². The quantitative estimate of drug-likeness (QED) is 0.653. The molecule has 66 valence electrons. The second-order valence-electron chi connectivity index (χ2n) is 2.53. The normalized spacial score (nSPS) is 12.9. The molecular formula is C8H11FN2O. The number of halogens is 1. The Hall–Kier alpha value is -1.00. The molecule has 3 N–H and O–H groups in total. The van der Waals surface area contributed by atoms with Gasteiger partial charge in [0.1, 0.15) is 0 Å². The average Bonchev–Trinajstić information content (AvgIpc) is 2.06. The van der Waals surface area contributed by atoms with E-state index in [0.717, 1.165) is 5.56 Å². The molecule has 0 aliphatic carbocycles. The lowest BCUT2D eigenvalue weighted by atomic mass is 10.1. The Labute approximate surface area is 70.0 Å². The number of pyridine rings is 1. The van der Waals surface area contributed by atoms with Crippen LogP contribution in [0.4, 0.5) is 4.39 Å². The van der Waals surface area contributed by atoms with Crippen LogP contribution in [0.2, 0.25) is 0 Å². The van der Waals surface area contributed by atoms with Crippen molar-refractivity contribution < 1.29 is 9.50 Å². The number of hydrogen-bond acceptors (Lipinski definition) is 3. The molecule has 0 radical (unpaired) electrons. The summed E-state index contributed by atoms with van der Waals surface area (Å²) in [6.45, 7) is 0.0263. The predicted octanol–water partition coefficient (Wildman–Crippen LogP) is 0.603. The maximum atomic E-state index is 12.3. The van der Waals surface area contributed by atoms with Gasteiger partial charge in [-0.25, -0.2) is 4.98 Å². The van der Waals surface area contributed by atoms with Crippen molar-refractivity contribution in [3.8, 4) is 0 Å². The van der Waals surface area contributed by atoms with E-state index < -0.39 is 5.95 Å². The molecule has 0 aliphatic heterocycles. The molecule has 3 nitrogen and oxygen atoms in total. The van der Waals surface area contributed by atoms with Crippen LogP contribution in [0.3, 0.4) is 0 Å². The fraction of sp³-hybridized carbons (Fsp3) is 0.375. The molecule has 1 aromatic rings. The number of rotatable bonds is 3. The molecular weight excluding hydrogens is 159 g/mol. The van der Waals surface area contributed by atoms with Crippen molar-refractivity contribution in [1.82, 2.24) is 4.98 Å². The molecule has 0 unspecified atom stereocenters. The van der Waals surface area contributed by atoms with E-state index in [1.54, 1.807) is 6.07 Å². The Morgan fingerprint density at radius 3 is 2.83 bits per heavy atom. The summed E-state index contributed by atoms with van der Waals surface area (Å²) < 4.78 is 12.3. The van der Waals surface area contributed by atoms with Gasteiger partial charge in [-0.3, -0.25) is 0 Å². The van der Waals surface area contributed by atoms with E-state index in [0.29, 0.717) is 6.42 Å². The fourth-order valence-electron chi connectivity index (χ4n) is 0.912. The highest BCUT2D eigenvalue weighted by molar-refractivity contribution is 5.13. The van der Waals surface area contributed by atoms with Crippen LogP contribution in [0, 0.1) is 5.95 Å². The molecule has 0 fully saturated rings. The van der Waals surface area contributed by atoms with E-state index in [4.69, 9.17) is 10.8 Å². The molecule has 0 spiro atoms. The minimum Gasteiger partial charge on any atom is -0.396 e. The molecule has 1 heterocycles. The highest BCUT2D eigenvalue weighted by Gasteiger charge is 2.04. The van der Waals surface area contributed by atoms with Crippen molar-refractivity contribution in [2.75, 3.05) is 6.61 Å². The van der Waals surface area contributed by atoms with Crippen LogP contribution in [0.25, 0.3) is 0 Å². The van der Waals surface area contributed by atoms with E-state index >= 15 is 0 Å². The Morgan fingerprint density at radius 2 is 2.33 bits per heavy atom. The standard InChI is InChI=1S/C8H11FN2O/c9-8-2-1-6(5-11-8)7(10)3-4-12/h1-2,5,7,12H,3-4,10H2/t7-/m1/s1. The number of aromatic nitrogens is 1. The summed E-state index contributed by atoms with van der Waals surface area (Å²) in [4.78, 5) is 3.45. The third kappa shape index (κ3) is 2.25. The predicted molar refractivity (Wildman–Crippen MR) is 42.8 cm³/mol. The maximum Gasteiger partial charge on any atom is 0.212 e. The van der Waals surface area contributed by atoms with Crippen LogP contribution in [0.1, 0.15) is 18.0 Å². The summed E-state index contributed by atoms with van der Waals surface area (Å²) in [5.74, 6) is -0.519. The molecule has 1 rings (SSSR count). The Kier molecular flexibility index (Phi) is 3.13. The summed E-state index contributed by atoms with van der Waals surface area (Å²) in [6, 6.07) is 2.57. The van der Waals surface area contributed by atoms with Crippen LogP contribution < -0.4 is 5.73 Å². The van der Waals surface area contributed by atoms with Crippen molar-refractivity contribution in [1.29, 1.82) is 0 Å². The van der Waals surface area contributed by atoms with Crippen LogP contribution in [0.15, 0.2) is 18.3 Å². The zero-order valence-electron chi connectivity index (χ0n) is 6.57. The summed E-state index contributed by atoms with van der Waals surface area (Å²) in [7, 11) is 0. The van der Waals surface area contributed by atoms with Gasteiger partial charge in [-0.15, -0.1) is 0 Å². The maximum absolute atomic E-state index is 12.3. The molecule has 0 amide bonds. The SMILES string of the molecule is N[C@H](CCO)c1ccc(F)nc1. The van der Waals surface area contributed by atoms with Gasteiger partial charge in [0.05, 0.1) is 0 Å². The van der Waals surface area contributed by atoms with E-state index in [1.165, 1.54) is 12.3 Å². The lowest BCUT2D eigenvalue weighted by Crippen LogP contribution is -2.12. The first-order chi connectivity index (χ1) is 5.74. The average molecular weight is 170 g/mol. The number of hydrogen-bond donors (Lipinski definition) is 2. The van der Waals surface area contributed by atoms with E-state index in [1.807, 2.05) is 0 Å². The first kappa shape index (κ1) is 9.09. The molecule has 0 saturated carbocycles. The van der Waals surface area contributed by atoms with Gasteiger partial charge in [0.15, 0.2) is 0 Å². The van der Waals surface area contributed by atoms with Gasteiger partial charge in [0.25, 0.3) is 0 Å². The smallest absolute Gasteiger partial charge is 0.212 e. The third-order valence-corrected chi connectivity index (χ3v) is 1.62. The number of aliphatic hydroxyl groups excluding tert-OH is 1. The molecule has 1 atom stereocenters. The summed E-state index contributed by atoms with van der Waals surface area (Å²) in [5.41, 5.74) is 6.37. The van der Waals surface area contributed by atoms with E-state index in [2.05, 4.69) is 4.98 Å². The summed E-state index contributed by atoms with van der Waals surface area (Å²) in [5, 5.41) is 8.58. The van der Waals surface area contributed by atoms with Crippen molar-refractivity contribution >= 4 is 0 Å². The molecule has 1 aromatic heterocycles. The summed E-state index contributed by atoms with van der Waals surface area (Å²) in [6.07, 6.45) is 1.85. The molecule has 0 bridgehead atoms. The van der Waals surface area contributed by atoms with Crippen LogP contribution >= 0.6 is 0 Å². The second-order valence-corrected chi connectivity index (χ2v) is 2.53. The Balaban J connectivity index is 2.68. The lowest BCUT2D eigenvalue weighted by molar-refractivity contribution is 0.276.